The third-order valence-corrected chi connectivity index (χ3v) is 5.34. The van der Waals surface area contributed by atoms with Crippen molar-refractivity contribution in [3.8, 4) is 0 Å². The first-order chi connectivity index (χ1) is 10.1. The number of likely N-dealkylation sites (N-methyl/N-ethyl adjacent to an activating group) is 1. The van der Waals surface area contributed by atoms with Crippen molar-refractivity contribution >= 4 is 0 Å². The smallest absolute Gasteiger partial charge is 0.0628 e. The van der Waals surface area contributed by atoms with Gasteiger partial charge in [-0.3, -0.25) is 4.68 Å². The van der Waals surface area contributed by atoms with Crippen LogP contribution in [0.1, 0.15) is 56.5 Å². The Kier molecular flexibility index (Phi) is 5.44. The lowest BCUT2D eigenvalue weighted by molar-refractivity contribution is 0.118. The maximum absolute atomic E-state index is 9.87. The summed E-state index contributed by atoms with van der Waals surface area (Å²) in [6, 6.07) is 0. The van der Waals surface area contributed by atoms with Gasteiger partial charge in [0.25, 0.3) is 0 Å². The Morgan fingerprint density at radius 1 is 1.38 bits per heavy atom. The normalized spacial score (nSPS) is 25.7. The molecule has 2 rings (SSSR count). The van der Waals surface area contributed by atoms with Gasteiger partial charge < -0.3 is 10.4 Å². The van der Waals surface area contributed by atoms with Crippen LogP contribution < -0.4 is 5.32 Å². The van der Waals surface area contributed by atoms with E-state index < -0.39 is 0 Å². The number of nitrogens with zero attached hydrogens (tertiary/aromatic N) is 2. The Balaban J connectivity index is 2.05. The van der Waals surface area contributed by atoms with Gasteiger partial charge in [-0.2, -0.15) is 5.10 Å². The van der Waals surface area contributed by atoms with Gasteiger partial charge >= 0.3 is 0 Å². The van der Waals surface area contributed by atoms with E-state index in [9.17, 15) is 5.11 Å². The van der Waals surface area contributed by atoms with E-state index in [1.54, 1.807) is 0 Å². The van der Waals surface area contributed by atoms with Crippen molar-refractivity contribution < 1.29 is 5.11 Å². The molecule has 1 aliphatic carbocycles. The fraction of sp³-hybridized carbons (Fsp3) is 0.824. The summed E-state index contributed by atoms with van der Waals surface area (Å²) in [4.78, 5) is 0. The lowest BCUT2D eigenvalue weighted by Gasteiger charge is -2.35. The zero-order chi connectivity index (χ0) is 15.5. The number of aromatic nitrogens is 2. The molecular formula is C17H31N3O. The van der Waals surface area contributed by atoms with Crippen molar-refractivity contribution in [2.75, 3.05) is 13.2 Å². The topological polar surface area (TPSA) is 50.1 Å². The first kappa shape index (κ1) is 16.5. The van der Waals surface area contributed by atoms with Crippen LogP contribution in [-0.2, 0) is 13.0 Å². The third kappa shape index (κ3) is 3.16. The van der Waals surface area contributed by atoms with Crippen LogP contribution in [0.5, 0.6) is 0 Å². The molecule has 2 unspecified atom stereocenters. The van der Waals surface area contributed by atoms with Crippen LogP contribution >= 0.6 is 0 Å². The van der Waals surface area contributed by atoms with Gasteiger partial charge in [0.15, 0.2) is 0 Å². The lowest BCUT2D eigenvalue weighted by atomic mass is 9.85. The van der Waals surface area contributed by atoms with Crippen LogP contribution in [0.2, 0.25) is 0 Å². The number of nitrogens with one attached hydrogen (secondary N) is 1. The molecule has 0 aromatic carbocycles. The molecule has 0 saturated heterocycles. The molecule has 0 spiro atoms. The predicted octanol–water partition coefficient (Wildman–Crippen LogP) is 2.59. The highest BCUT2D eigenvalue weighted by Gasteiger charge is 2.41. The van der Waals surface area contributed by atoms with Gasteiger partial charge in [0.1, 0.15) is 0 Å². The number of hydrogen-bond donors (Lipinski definition) is 2. The Labute approximate surface area is 128 Å². The number of rotatable bonds is 7. The predicted molar refractivity (Wildman–Crippen MR) is 86.5 cm³/mol. The van der Waals surface area contributed by atoms with Crippen LogP contribution in [0.3, 0.4) is 0 Å². The van der Waals surface area contributed by atoms with E-state index in [0.29, 0.717) is 5.92 Å². The molecule has 1 heterocycles. The van der Waals surface area contributed by atoms with E-state index in [2.05, 4.69) is 37.7 Å². The van der Waals surface area contributed by atoms with Gasteiger partial charge in [0.05, 0.1) is 12.3 Å². The maximum Gasteiger partial charge on any atom is 0.0628 e. The molecule has 1 fully saturated rings. The minimum atomic E-state index is -0.0571. The lowest BCUT2D eigenvalue weighted by Crippen LogP contribution is -2.51. The molecule has 1 saturated carbocycles. The molecule has 4 nitrogen and oxygen atoms in total. The molecule has 0 bridgehead atoms. The standard InChI is InChI=1S/C17H31N3O/c1-5-16-13(3)19-20(14(16)4)11-9-15-8-7-10-17(15,12-21)18-6-2/h15,18,21H,5-12H2,1-4H3. The molecule has 0 aliphatic heterocycles. The van der Waals surface area contributed by atoms with Gasteiger partial charge in [-0.25, -0.2) is 0 Å². The highest BCUT2D eigenvalue weighted by molar-refractivity contribution is 5.24. The van der Waals surface area contributed by atoms with Crippen LogP contribution in [0.25, 0.3) is 0 Å². The fourth-order valence-corrected chi connectivity index (χ4v) is 4.16. The van der Waals surface area contributed by atoms with Crippen molar-refractivity contribution in [1.82, 2.24) is 15.1 Å². The van der Waals surface area contributed by atoms with Crippen molar-refractivity contribution in [3.63, 3.8) is 0 Å². The zero-order valence-corrected chi connectivity index (χ0v) is 14.1. The highest BCUT2D eigenvalue weighted by Crippen LogP contribution is 2.38. The molecule has 2 atom stereocenters. The summed E-state index contributed by atoms with van der Waals surface area (Å²) in [5, 5.41) is 18.1. The Morgan fingerprint density at radius 3 is 2.71 bits per heavy atom. The van der Waals surface area contributed by atoms with Gasteiger partial charge in [-0.15, -0.1) is 0 Å². The zero-order valence-electron chi connectivity index (χ0n) is 14.1. The van der Waals surface area contributed by atoms with Crippen molar-refractivity contribution in [1.29, 1.82) is 0 Å². The summed E-state index contributed by atoms with van der Waals surface area (Å²) in [6.45, 7) is 10.7. The van der Waals surface area contributed by atoms with E-state index in [-0.39, 0.29) is 12.1 Å². The molecule has 0 radical (unpaired) electrons. The average Bonchev–Trinajstić information content (AvgIpc) is 2.99. The first-order valence-corrected chi connectivity index (χ1v) is 8.46. The Hall–Kier alpha value is -0.870. The Morgan fingerprint density at radius 2 is 2.14 bits per heavy atom. The van der Waals surface area contributed by atoms with E-state index in [4.69, 9.17) is 5.10 Å². The van der Waals surface area contributed by atoms with E-state index in [0.717, 1.165) is 32.4 Å². The summed E-state index contributed by atoms with van der Waals surface area (Å²) in [5.41, 5.74) is 3.81. The number of hydrogen-bond acceptors (Lipinski definition) is 3. The fourth-order valence-electron chi connectivity index (χ4n) is 4.16. The maximum atomic E-state index is 9.87. The second-order valence-corrected chi connectivity index (χ2v) is 6.45. The second-order valence-electron chi connectivity index (χ2n) is 6.45. The molecule has 2 N–H and O–H groups in total. The van der Waals surface area contributed by atoms with Gasteiger partial charge in [0, 0.05) is 17.8 Å². The van der Waals surface area contributed by atoms with E-state index in [1.165, 1.54) is 29.8 Å². The monoisotopic (exact) mass is 293 g/mol. The molecule has 120 valence electrons. The summed E-state index contributed by atoms with van der Waals surface area (Å²) in [6.07, 6.45) is 5.68. The molecule has 1 aromatic rings. The van der Waals surface area contributed by atoms with Crippen LogP contribution in [0.15, 0.2) is 0 Å². The van der Waals surface area contributed by atoms with Crippen LogP contribution in [0.4, 0.5) is 0 Å². The molecule has 21 heavy (non-hydrogen) atoms. The van der Waals surface area contributed by atoms with Crippen molar-refractivity contribution in [2.24, 2.45) is 5.92 Å². The number of aryl methyl sites for hydroxylation is 2. The second kappa shape index (κ2) is 6.93. The minimum absolute atomic E-state index is 0.0571. The van der Waals surface area contributed by atoms with Gasteiger partial charge in [-0.1, -0.05) is 20.3 Å². The van der Waals surface area contributed by atoms with Gasteiger partial charge in [-0.05, 0) is 57.6 Å². The number of aliphatic hydroxyl groups is 1. The van der Waals surface area contributed by atoms with Crippen LogP contribution in [-0.4, -0.2) is 33.6 Å². The summed E-state index contributed by atoms with van der Waals surface area (Å²) in [5.74, 6) is 0.552. The molecule has 1 aliphatic rings. The Bertz CT molecular complexity index is 469. The molecule has 1 aromatic heterocycles. The molecule has 0 amide bonds. The average molecular weight is 293 g/mol. The summed E-state index contributed by atoms with van der Waals surface area (Å²) in [7, 11) is 0. The largest absolute Gasteiger partial charge is 0.394 e. The summed E-state index contributed by atoms with van der Waals surface area (Å²) >= 11 is 0. The first-order valence-electron chi connectivity index (χ1n) is 8.46. The third-order valence-electron chi connectivity index (χ3n) is 5.34. The van der Waals surface area contributed by atoms with Crippen LogP contribution in [0, 0.1) is 19.8 Å². The highest BCUT2D eigenvalue weighted by atomic mass is 16.3. The summed E-state index contributed by atoms with van der Waals surface area (Å²) < 4.78 is 2.17. The molecular weight excluding hydrogens is 262 g/mol. The quantitative estimate of drug-likeness (QED) is 0.812. The minimum Gasteiger partial charge on any atom is -0.394 e. The van der Waals surface area contributed by atoms with E-state index in [1.807, 2.05) is 0 Å². The number of aliphatic hydroxyl groups excluding tert-OH is 1. The van der Waals surface area contributed by atoms with Gasteiger partial charge in [0.2, 0.25) is 0 Å². The van der Waals surface area contributed by atoms with Crippen molar-refractivity contribution in [3.05, 3.63) is 17.0 Å². The van der Waals surface area contributed by atoms with Crippen molar-refractivity contribution in [2.45, 2.75) is 71.9 Å². The van der Waals surface area contributed by atoms with E-state index >= 15 is 0 Å². The SMILES string of the molecule is CCNC1(CO)CCCC1CCn1nc(C)c(CC)c1C. The molecule has 4 heteroatoms.